The largest absolute Gasteiger partial charge is 0.302 e. The van der Waals surface area contributed by atoms with E-state index in [0.717, 1.165) is 36.0 Å². The Bertz CT molecular complexity index is 688. The summed E-state index contributed by atoms with van der Waals surface area (Å²) in [6, 6.07) is 21.4. The quantitative estimate of drug-likeness (QED) is 0.563. The predicted octanol–water partition coefficient (Wildman–Crippen LogP) is 5.78. The van der Waals surface area contributed by atoms with E-state index in [0.29, 0.717) is 0 Å². The van der Waals surface area contributed by atoms with Gasteiger partial charge in [-0.2, -0.15) is 5.26 Å². The Balaban J connectivity index is 2.01. The van der Waals surface area contributed by atoms with Crippen molar-refractivity contribution < 1.29 is 0 Å². The number of nitrogens with zero attached hydrogens (tertiary/aromatic N) is 2. The van der Waals surface area contributed by atoms with Gasteiger partial charge in [-0.3, -0.25) is 0 Å². The zero-order valence-corrected chi connectivity index (χ0v) is 17.0. The van der Waals surface area contributed by atoms with E-state index in [9.17, 15) is 5.26 Å². The number of hydrogen-bond acceptors (Lipinski definition) is 2. The fraction of sp³-hybridized carbons (Fsp3) is 0.409. The minimum absolute atomic E-state index is 0.276. The maximum absolute atomic E-state index is 9.99. The normalized spacial score (nSPS) is 13.6. The molecule has 0 aliphatic rings. The Morgan fingerprint density at radius 2 is 1.72 bits per heavy atom. The van der Waals surface area contributed by atoms with Gasteiger partial charge in [0, 0.05) is 11.0 Å². The Labute approximate surface area is 160 Å². The van der Waals surface area contributed by atoms with Gasteiger partial charge in [0.25, 0.3) is 0 Å². The van der Waals surface area contributed by atoms with Crippen molar-refractivity contribution in [1.29, 1.82) is 5.26 Å². The van der Waals surface area contributed by atoms with Gasteiger partial charge in [-0.1, -0.05) is 72.2 Å². The first-order chi connectivity index (χ1) is 12.0. The van der Waals surface area contributed by atoms with Crippen molar-refractivity contribution in [3.63, 3.8) is 0 Å². The minimum atomic E-state index is -0.422. The van der Waals surface area contributed by atoms with Crippen LogP contribution in [-0.4, -0.2) is 18.5 Å². The smallest absolute Gasteiger partial charge is 0.0845 e. The Morgan fingerprint density at radius 1 is 1.08 bits per heavy atom. The summed E-state index contributed by atoms with van der Waals surface area (Å²) in [5.74, 6) is 0.276. The van der Waals surface area contributed by atoms with Gasteiger partial charge in [-0.15, -0.1) is 0 Å². The van der Waals surface area contributed by atoms with Crippen molar-refractivity contribution in [3.05, 3.63) is 70.2 Å². The second kappa shape index (κ2) is 9.17. The SMILES string of the molecule is CC(C)C(C#N)(CCCN(C)Cc1ccccc1)c1ccc(Br)cc1. The van der Waals surface area contributed by atoms with Crippen LogP contribution in [0, 0.1) is 17.2 Å². The lowest BCUT2D eigenvalue weighted by Crippen LogP contribution is -2.32. The Morgan fingerprint density at radius 3 is 2.28 bits per heavy atom. The highest BCUT2D eigenvalue weighted by Gasteiger charge is 2.35. The van der Waals surface area contributed by atoms with E-state index >= 15 is 0 Å². The van der Waals surface area contributed by atoms with Gasteiger partial charge in [-0.05, 0) is 55.6 Å². The molecule has 0 spiro atoms. The Kier molecular flexibility index (Phi) is 7.23. The molecule has 1 atom stereocenters. The summed E-state index contributed by atoms with van der Waals surface area (Å²) >= 11 is 3.48. The van der Waals surface area contributed by atoms with Gasteiger partial charge < -0.3 is 4.90 Å². The van der Waals surface area contributed by atoms with Crippen molar-refractivity contribution in [2.75, 3.05) is 13.6 Å². The summed E-state index contributed by atoms with van der Waals surface area (Å²) in [5.41, 5.74) is 2.03. The van der Waals surface area contributed by atoms with Gasteiger partial charge in [-0.25, -0.2) is 0 Å². The summed E-state index contributed by atoms with van der Waals surface area (Å²) in [4.78, 5) is 2.33. The average molecular weight is 399 g/mol. The molecule has 0 saturated carbocycles. The van der Waals surface area contributed by atoms with E-state index in [1.807, 2.05) is 18.2 Å². The lowest BCUT2D eigenvalue weighted by Gasteiger charge is -2.32. The van der Waals surface area contributed by atoms with Gasteiger partial charge in [0.2, 0.25) is 0 Å². The molecule has 2 aromatic rings. The molecule has 0 bridgehead atoms. The molecule has 0 radical (unpaired) electrons. The third-order valence-corrected chi connectivity index (χ3v) is 5.48. The molecule has 25 heavy (non-hydrogen) atoms. The first kappa shape index (κ1) is 19.7. The van der Waals surface area contributed by atoms with Crippen LogP contribution < -0.4 is 0 Å². The van der Waals surface area contributed by atoms with Crippen LogP contribution in [0.25, 0.3) is 0 Å². The van der Waals surface area contributed by atoms with Crippen LogP contribution in [0.1, 0.15) is 37.8 Å². The second-order valence-electron chi connectivity index (χ2n) is 7.07. The summed E-state index contributed by atoms with van der Waals surface area (Å²) in [7, 11) is 2.15. The maximum Gasteiger partial charge on any atom is 0.0845 e. The number of benzene rings is 2. The number of nitriles is 1. The number of hydrogen-bond donors (Lipinski definition) is 0. The fourth-order valence-corrected chi connectivity index (χ4v) is 3.63. The number of halogens is 1. The van der Waals surface area contributed by atoms with Crippen molar-refractivity contribution in [1.82, 2.24) is 4.90 Å². The summed E-state index contributed by atoms with van der Waals surface area (Å²) < 4.78 is 1.05. The third kappa shape index (κ3) is 5.17. The van der Waals surface area contributed by atoms with Crippen LogP contribution in [0.5, 0.6) is 0 Å². The fourth-order valence-electron chi connectivity index (χ4n) is 3.37. The van der Waals surface area contributed by atoms with E-state index < -0.39 is 5.41 Å². The van der Waals surface area contributed by atoms with Crippen LogP contribution >= 0.6 is 15.9 Å². The van der Waals surface area contributed by atoms with Crippen molar-refractivity contribution >= 4 is 15.9 Å². The summed E-state index contributed by atoms with van der Waals surface area (Å²) in [6.45, 7) is 6.24. The molecule has 3 heteroatoms. The van der Waals surface area contributed by atoms with E-state index in [1.54, 1.807) is 0 Å². The topological polar surface area (TPSA) is 27.0 Å². The van der Waals surface area contributed by atoms with E-state index in [-0.39, 0.29) is 5.92 Å². The molecular formula is C22H27BrN2. The molecule has 0 aliphatic carbocycles. The highest BCUT2D eigenvalue weighted by atomic mass is 79.9. The lowest BCUT2D eigenvalue weighted by molar-refractivity contribution is 0.286. The number of rotatable bonds is 8. The Hall–Kier alpha value is -1.63. The van der Waals surface area contributed by atoms with Crippen LogP contribution in [0.4, 0.5) is 0 Å². The molecule has 1 unspecified atom stereocenters. The molecule has 0 fully saturated rings. The molecule has 0 heterocycles. The highest BCUT2D eigenvalue weighted by molar-refractivity contribution is 9.10. The molecule has 132 valence electrons. The average Bonchev–Trinajstić information content (AvgIpc) is 2.60. The van der Waals surface area contributed by atoms with Gasteiger partial charge in [0.15, 0.2) is 0 Å². The molecular weight excluding hydrogens is 372 g/mol. The van der Waals surface area contributed by atoms with Crippen molar-refractivity contribution in [2.45, 2.75) is 38.6 Å². The highest BCUT2D eigenvalue weighted by Crippen LogP contribution is 2.37. The van der Waals surface area contributed by atoms with E-state index in [4.69, 9.17) is 0 Å². The third-order valence-electron chi connectivity index (χ3n) is 4.95. The van der Waals surface area contributed by atoms with Crippen LogP contribution in [0.2, 0.25) is 0 Å². The molecule has 0 N–H and O–H groups in total. The van der Waals surface area contributed by atoms with Crippen molar-refractivity contribution in [3.8, 4) is 6.07 Å². The first-order valence-electron chi connectivity index (χ1n) is 8.87. The molecule has 0 aromatic heterocycles. The van der Waals surface area contributed by atoms with Gasteiger partial charge in [0.1, 0.15) is 0 Å². The molecule has 0 amide bonds. The zero-order chi connectivity index (χ0) is 18.3. The monoisotopic (exact) mass is 398 g/mol. The summed E-state index contributed by atoms with van der Waals surface area (Å²) in [5, 5.41) is 9.99. The molecule has 2 rings (SSSR count). The zero-order valence-electron chi connectivity index (χ0n) is 15.4. The predicted molar refractivity (Wildman–Crippen MR) is 108 cm³/mol. The molecule has 2 nitrogen and oxygen atoms in total. The summed E-state index contributed by atoms with van der Waals surface area (Å²) in [6.07, 6.45) is 1.88. The second-order valence-corrected chi connectivity index (χ2v) is 7.99. The first-order valence-corrected chi connectivity index (χ1v) is 9.67. The van der Waals surface area contributed by atoms with Crippen LogP contribution in [-0.2, 0) is 12.0 Å². The van der Waals surface area contributed by atoms with Crippen LogP contribution in [0.3, 0.4) is 0 Å². The molecule has 0 aliphatic heterocycles. The van der Waals surface area contributed by atoms with Crippen molar-refractivity contribution in [2.24, 2.45) is 5.92 Å². The molecule has 0 saturated heterocycles. The van der Waals surface area contributed by atoms with E-state index in [2.05, 4.69) is 84.2 Å². The molecule has 2 aromatic carbocycles. The van der Waals surface area contributed by atoms with Crippen LogP contribution in [0.15, 0.2) is 59.1 Å². The van der Waals surface area contributed by atoms with E-state index in [1.165, 1.54) is 5.56 Å². The lowest BCUT2D eigenvalue weighted by atomic mass is 9.70. The van der Waals surface area contributed by atoms with Gasteiger partial charge >= 0.3 is 0 Å². The maximum atomic E-state index is 9.99. The minimum Gasteiger partial charge on any atom is -0.302 e. The van der Waals surface area contributed by atoms with Gasteiger partial charge in [0.05, 0.1) is 11.5 Å². The standard InChI is InChI=1S/C22H27BrN2/c1-18(2)22(17-24,20-10-12-21(23)13-11-20)14-7-15-25(3)16-19-8-5-4-6-9-19/h4-6,8-13,18H,7,14-16H2,1-3H3.